The number of nitrogens with one attached hydrogen (secondary N) is 1. The average Bonchev–Trinajstić information content (AvgIpc) is 2.73. The Kier molecular flexibility index (Phi) is 7.48. The van der Waals surface area contributed by atoms with Gasteiger partial charge in [0.1, 0.15) is 5.82 Å². The molecule has 0 bridgehead atoms. The first-order chi connectivity index (χ1) is 13.6. The molecular weight excluding hydrogens is 373 g/mol. The molecule has 0 aliphatic heterocycles. The van der Waals surface area contributed by atoms with E-state index in [1.807, 2.05) is 30.3 Å². The summed E-state index contributed by atoms with van der Waals surface area (Å²) in [5.74, 6) is -0.201. The van der Waals surface area contributed by atoms with Gasteiger partial charge in [-0.05, 0) is 49.2 Å². The number of benzene rings is 2. The number of amidine groups is 1. The molecule has 0 unspecified atom stereocenters. The number of amides is 1. The number of halogens is 1. The number of aliphatic imine (C=N–C) groups is 1. The van der Waals surface area contributed by atoms with Crippen molar-refractivity contribution in [1.29, 1.82) is 0 Å². The molecule has 0 heterocycles. The van der Waals surface area contributed by atoms with E-state index in [1.54, 1.807) is 12.1 Å². The monoisotopic (exact) mass is 399 g/mol. The van der Waals surface area contributed by atoms with Gasteiger partial charge in [0, 0.05) is 18.8 Å². The summed E-state index contributed by atoms with van der Waals surface area (Å²) in [5.41, 5.74) is 1.47. The smallest absolute Gasteiger partial charge is 0.234 e. The number of para-hydroxylation sites is 1. The van der Waals surface area contributed by atoms with Crippen LogP contribution < -0.4 is 5.32 Å². The predicted molar refractivity (Wildman–Crippen MR) is 116 cm³/mol. The van der Waals surface area contributed by atoms with E-state index in [2.05, 4.69) is 17.3 Å². The molecule has 1 N–H and O–H groups in total. The number of thioether (sulfide) groups is 1. The zero-order valence-corrected chi connectivity index (χ0v) is 16.9. The van der Waals surface area contributed by atoms with Gasteiger partial charge >= 0.3 is 0 Å². The second-order valence-corrected chi connectivity index (χ2v) is 7.92. The van der Waals surface area contributed by atoms with Crippen molar-refractivity contribution in [3.8, 4) is 0 Å². The van der Waals surface area contributed by atoms with Crippen LogP contribution in [0.15, 0.2) is 59.6 Å². The van der Waals surface area contributed by atoms with Crippen molar-refractivity contribution in [3.63, 3.8) is 0 Å². The van der Waals surface area contributed by atoms with Gasteiger partial charge in [0.05, 0.1) is 11.4 Å². The predicted octanol–water partition coefficient (Wildman–Crippen LogP) is 5.45. The highest BCUT2D eigenvalue weighted by molar-refractivity contribution is 8.14. The summed E-state index contributed by atoms with van der Waals surface area (Å²) >= 11 is 1.44. The van der Waals surface area contributed by atoms with Crippen LogP contribution in [0, 0.1) is 5.82 Å². The Bertz CT molecular complexity index is 789. The maximum absolute atomic E-state index is 13.0. The molecule has 0 atom stereocenters. The van der Waals surface area contributed by atoms with Gasteiger partial charge in [-0.2, -0.15) is 0 Å². The molecule has 0 spiro atoms. The highest BCUT2D eigenvalue weighted by Crippen LogP contribution is 2.26. The van der Waals surface area contributed by atoms with E-state index in [4.69, 9.17) is 4.99 Å². The fourth-order valence-electron chi connectivity index (χ4n) is 3.31. The van der Waals surface area contributed by atoms with E-state index in [0.29, 0.717) is 11.7 Å². The molecule has 1 saturated carbocycles. The summed E-state index contributed by atoms with van der Waals surface area (Å²) in [6.45, 7) is 0. The van der Waals surface area contributed by atoms with Crippen LogP contribution in [0.5, 0.6) is 0 Å². The topological polar surface area (TPSA) is 44.7 Å². The van der Waals surface area contributed by atoms with Crippen LogP contribution in [-0.2, 0) is 4.79 Å². The Labute approximate surface area is 170 Å². The normalized spacial score (nSPS) is 15.3. The number of carbonyl (C=O) groups excluding carboxylic acids is 1. The first-order valence-corrected chi connectivity index (χ1v) is 10.6. The lowest BCUT2D eigenvalue weighted by Crippen LogP contribution is -2.37. The Hall–Kier alpha value is -2.34. The van der Waals surface area contributed by atoms with Crippen molar-refractivity contribution in [3.05, 3.63) is 60.4 Å². The molecule has 1 fully saturated rings. The third kappa shape index (κ3) is 6.09. The first-order valence-electron chi connectivity index (χ1n) is 9.66. The Morgan fingerprint density at radius 1 is 1.11 bits per heavy atom. The lowest BCUT2D eigenvalue weighted by molar-refractivity contribution is -0.113. The number of rotatable bonds is 5. The van der Waals surface area contributed by atoms with Gasteiger partial charge in [0.15, 0.2) is 5.17 Å². The van der Waals surface area contributed by atoms with E-state index >= 15 is 0 Å². The Balaban J connectivity index is 1.66. The molecule has 2 aromatic carbocycles. The molecule has 0 radical (unpaired) electrons. The average molecular weight is 400 g/mol. The fraction of sp³-hybridized carbons (Fsp3) is 0.364. The maximum Gasteiger partial charge on any atom is 0.234 e. The molecule has 148 valence electrons. The van der Waals surface area contributed by atoms with Crippen molar-refractivity contribution in [2.24, 2.45) is 4.99 Å². The Morgan fingerprint density at radius 2 is 1.79 bits per heavy atom. The van der Waals surface area contributed by atoms with Gasteiger partial charge < -0.3 is 10.2 Å². The zero-order valence-electron chi connectivity index (χ0n) is 16.1. The molecule has 1 aliphatic rings. The number of nitrogens with zero attached hydrogens (tertiary/aromatic N) is 2. The van der Waals surface area contributed by atoms with Crippen LogP contribution in [0.3, 0.4) is 0 Å². The fourth-order valence-corrected chi connectivity index (χ4v) is 4.17. The van der Waals surface area contributed by atoms with Gasteiger partial charge in [-0.3, -0.25) is 4.79 Å². The summed E-state index contributed by atoms with van der Waals surface area (Å²) in [7, 11) is 2.07. The molecule has 0 saturated heterocycles. The van der Waals surface area contributed by atoms with Crippen LogP contribution in [0.4, 0.5) is 15.8 Å². The lowest BCUT2D eigenvalue weighted by Gasteiger charge is -2.33. The van der Waals surface area contributed by atoms with Crippen LogP contribution in [0.25, 0.3) is 0 Å². The van der Waals surface area contributed by atoms with Crippen molar-refractivity contribution >= 4 is 34.2 Å². The summed E-state index contributed by atoms with van der Waals surface area (Å²) < 4.78 is 13.0. The van der Waals surface area contributed by atoms with Crippen LogP contribution >= 0.6 is 11.8 Å². The molecular formula is C22H26FN3OS. The largest absolute Gasteiger partial charge is 0.351 e. The third-order valence-electron chi connectivity index (χ3n) is 4.87. The third-order valence-corrected chi connectivity index (χ3v) is 5.91. The molecule has 4 nitrogen and oxygen atoms in total. The molecule has 6 heteroatoms. The number of hydrogen-bond donors (Lipinski definition) is 1. The van der Waals surface area contributed by atoms with Crippen molar-refractivity contribution < 1.29 is 9.18 Å². The van der Waals surface area contributed by atoms with Gasteiger partial charge in [-0.1, -0.05) is 49.2 Å². The molecule has 2 aromatic rings. The summed E-state index contributed by atoms with van der Waals surface area (Å²) in [5, 5.41) is 3.66. The van der Waals surface area contributed by atoms with E-state index in [1.165, 1.54) is 43.2 Å². The first kappa shape index (κ1) is 20.4. The van der Waals surface area contributed by atoms with E-state index in [9.17, 15) is 9.18 Å². The zero-order chi connectivity index (χ0) is 19.8. The summed E-state index contributed by atoms with van der Waals surface area (Å²) in [4.78, 5) is 19.4. The van der Waals surface area contributed by atoms with Gasteiger partial charge in [-0.15, -0.1) is 0 Å². The van der Waals surface area contributed by atoms with Crippen molar-refractivity contribution in [2.75, 3.05) is 18.1 Å². The second kappa shape index (κ2) is 10.3. The molecule has 1 amide bonds. The quantitative estimate of drug-likeness (QED) is 0.537. The minimum absolute atomic E-state index is 0.130. The van der Waals surface area contributed by atoms with Gasteiger partial charge in [-0.25, -0.2) is 9.38 Å². The minimum Gasteiger partial charge on any atom is -0.351 e. The Morgan fingerprint density at radius 3 is 2.46 bits per heavy atom. The van der Waals surface area contributed by atoms with E-state index in [-0.39, 0.29) is 17.5 Å². The van der Waals surface area contributed by atoms with E-state index < -0.39 is 0 Å². The van der Waals surface area contributed by atoms with Crippen LogP contribution in [0.1, 0.15) is 32.1 Å². The standard InChI is InChI=1S/C22H26FN3OS/c1-26(20-10-6-3-7-11-20)22(25-18-8-4-2-5-9-18)28-16-21(27)24-19-14-12-17(23)13-15-19/h2,4-5,8-9,12-15,20H,3,6-7,10-11,16H2,1H3,(H,24,27). The number of anilines is 1. The molecule has 0 aromatic heterocycles. The second-order valence-electron chi connectivity index (χ2n) is 6.98. The highest BCUT2D eigenvalue weighted by Gasteiger charge is 2.22. The molecule has 28 heavy (non-hydrogen) atoms. The number of carbonyl (C=O) groups is 1. The van der Waals surface area contributed by atoms with Crippen LogP contribution in [0.2, 0.25) is 0 Å². The minimum atomic E-state index is -0.321. The summed E-state index contributed by atoms with van der Waals surface area (Å²) in [6, 6.07) is 16.1. The van der Waals surface area contributed by atoms with Gasteiger partial charge in [0.2, 0.25) is 5.91 Å². The van der Waals surface area contributed by atoms with Crippen molar-refractivity contribution in [1.82, 2.24) is 4.90 Å². The molecule has 1 aliphatic carbocycles. The number of hydrogen-bond acceptors (Lipinski definition) is 3. The van der Waals surface area contributed by atoms with E-state index in [0.717, 1.165) is 23.7 Å². The van der Waals surface area contributed by atoms with Crippen molar-refractivity contribution in [2.45, 2.75) is 38.1 Å². The highest BCUT2D eigenvalue weighted by atomic mass is 32.2. The SMILES string of the molecule is CN(C(=Nc1ccccc1)SCC(=O)Nc1ccc(F)cc1)C1CCCCC1. The lowest BCUT2D eigenvalue weighted by atomic mass is 9.95. The van der Waals surface area contributed by atoms with Crippen LogP contribution in [-0.4, -0.2) is 34.8 Å². The maximum atomic E-state index is 13.0. The van der Waals surface area contributed by atoms with Gasteiger partial charge in [0.25, 0.3) is 0 Å². The summed E-state index contributed by atoms with van der Waals surface area (Å²) in [6.07, 6.45) is 6.09. The molecule has 3 rings (SSSR count).